The van der Waals surface area contributed by atoms with Gasteiger partial charge in [0.1, 0.15) is 13.2 Å². The van der Waals surface area contributed by atoms with Crippen molar-refractivity contribution in [2.75, 3.05) is 13.2 Å². The van der Waals surface area contributed by atoms with E-state index in [1.165, 1.54) is 161 Å². The summed E-state index contributed by atoms with van der Waals surface area (Å²) in [7, 11) is 0. The van der Waals surface area contributed by atoms with Crippen molar-refractivity contribution in [3.05, 3.63) is 122 Å². The van der Waals surface area contributed by atoms with Crippen molar-refractivity contribution < 1.29 is 28.6 Å². The van der Waals surface area contributed by atoms with Crippen molar-refractivity contribution in [2.45, 2.75) is 329 Å². The SMILES string of the molecule is CC/C=C\C/C=C\C/C=C\C/C=C\C/C=C\C/C=C\C/C=C\C/C=C\C/C=C\C/C=C\CCCCC(=O)OCC(COC(=O)CCCCCCCCCCCCCCC)OC(=O)CCCCCCCCCCCCCCCCCCCC. The van der Waals surface area contributed by atoms with E-state index in [0.717, 1.165) is 122 Å². The number of hydrogen-bond donors (Lipinski definition) is 0. The van der Waals surface area contributed by atoms with Crippen LogP contribution in [-0.4, -0.2) is 37.2 Å². The number of carbonyl (C=O) groups excluding carboxylic acids is 3. The standard InChI is InChI=1S/C76H128O6/c1-4-7-10-13-16-19-22-25-27-29-31-32-33-34-35-36-37-38-39-40-41-42-43-44-45-47-48-51-54-57-60-63-66-69-75(78)81-72-73(71-80-74(77)68-65-62-59-56-53-50-24-21-18-15-12-9-6-3)82-76(79)70-67-64-61-58-55-52-49-46-30-28-26-23-20-17-14-11-8-5-2/h7,10,16,19,25,27,31-32,34-35,37-38,40-41,43-44,47-48,54,57,73H,4-6,8-9,11-15,17-18,20-24,26,28-30,33,36,39,42,45-46,49-53,55-56,58-72H2,1-3H3/b10-7-,19-16-,27-25-,32-31-,35-34-,38-37-,41-40-,44-43-,48-47-,57-54-. The van der Waals surface area contributed by atoms with Gasteiger partial charge in [-0.05, 0) is 96.3 Å². The molecule has 0 rings (SSSR count). The number of hydrogen-bond acceptors (Lipinski definition) is 6. The lowest BCUT2D eigenvalue weighted by Gasteiger charge is -2.18. The Morgan fingerprint density at radius 1 is 0.256 bits per heavy atom. The number of carbonyl (C=O) groups is 3. The normalized spacial score (nSPS) is 12.9. The van der Waals surface area contributed by atoms with Gasteiger partial charge in [-0.15, -0.1) is 0 Å². The average molecular weight is 1140 g/mol. The summed E-state index contributed by atoms with van der Waals surface area (Å²) in [6, 6.07) is 0. The van der Waals surface area contributed by atoms with Crippen LogP contribution in [0.3, 0.4) is 0 Å². The van der Waals surface area contributed by atoms with Crippen LogP contribution in [0.15, 0.2) is 122 Å². The van der Waals surface area contributed by atoms with Crippen LogP contribution in [0.1, 0.15) is 323 Å². The van der Waals surface area contributed by atoms with Gasteiger partial charge in [-0.3, -0.25) is 14.4 Å². The molecule has 0 aliphatic heterocycles. The molecular formula is C76H128O6. The maximum Gasteiger partial charge on any atom is 0.306 e. The Balaban J connectivity index is 4.36. The zero-order valence-corrected chi connectivity index (χ0v) is 53.7. The maximum absolute atomic E-state index is 12.9. The summed E-state index contributed by atoms with van der Waals surface area (Å²) in [4.78, 5) is 38.3. The first kappa shape index (κ1) is 77.8. The van der Waals surface area contributed by atoms with Gasteiger partial charge in [0.25, 0.3) is 0 Å². The predicted octanol–water partition coefficient (Wildman–Crippen LogP) is 23.9. The van der Waals surface area contributed by atoms with E-state index in [1.807, 2.05) is 0 Å². The van der Waals surface area contributed by atoms with Crippen molar-refractivity contribution >= 4 is 17.9 Å². The third-order valence-electron chi connectivity index (χ3n) is 14.7. The van der Waals surface area contributed by atoms with Crippen LogP contribution >= 0.6 is 0 Å². The van der Waals surface area contributed by atoms with E-state index in [9.17, 15) is 14.4 Å². The van der Waals surface area contributed by atoms with Crippen molar-refractivity contribution in [1.29, 1.82) is 0 Å². The Morgan fingerprint density at radius 2 is 0.476 bits per heavy atom. The highest BCUT2D eigenvalue weighted by molar-refractivity contribution is 5.71. The topological polar surface area (TPSA) is 78.9 Å². The van der Waals surface area contributed by atoms with Gasteiger partial charge in [-0.25, -0.2) is 0 Å². The molecule has 0 bridgehead atoms. The monoisotopic (exact) mass is 1140 g/mol. The van der Waals surface area contributed by atoms with Gasteiger partial charge >= 0.3 is 17.9 Å². The molecule has 0 spiro atoms. The Kier molecular flexibility index (Phi) is 65.8. The third-order valence-corrected chi connectivity index (χ3v) is 14.7. The lowest BCUT2D eigenvalue weighted by Crippen LogP contribution is -2.30. The zero-order valence-electron chi connectivity index (χ0n) is 53.7. The molecule has 82 heavy (non-hydrogen) atoms. The van der Waals surface area contributed by atoms with Gasteiger partial charge in [-0.2, -0.15) is 0 Å². The van der Waals surface area contributed by atoms with Crippen LogP contribution in [-0.2, 0) is 28.6 Å². The number of esters is 3. The average Bonchev–Trinajstić information content (AvgIpc) is 3.47. The lowest BCUT2D eigenvalue weighted by atomic mass is 10.0. The van der Waals surface area contributed by atoms with Crippen molar-refractivity contribution in [2.24, 2.45) is 0 Å². The summed E-state index contributed by atoms with van der Waals surface area (Å²) in [5, 5.41) is 0. The molecular weight excluding hydrogens is 1010 g/mol. The second kappa shape index (κ2) is 69.3. The predicted molar refractivity (Wildman–Crippen MR) is 357 cm³/mol. The number of unbranched alkanes of at least 4 members (excludes halogenated alkanes) is 31. The van der Waals surface area contributed by atoms with Gasteiger partial charge in [-0.1, -0.05) is 328 Å². The van der Waals surface area contributed by atoms with E-state index < -0.39 is 6.10 Å². The fourth-order valence-corrected chi connectivity index (χ4v) is 9.59. The van der Waals surface area contributed by atoms with Crippen molar-refractivity contribution in [1.82, 2.24) is 0 Å². The quantitative estimate of drug-likeness (QED) is 0.0261. The Bertz CT molecular complexity index is 1690. The number of rotatable bonds is 62. The maximum atomic E-state index is 12.9. The minimum absolute atomic E-state index is 0.0887. The molecule has 0 saturated heterocycles. The van der Waals surface area contributed by atoms with Gasteiger partial charge in [0.05, 0.1) is 0 Å². The minimum atomic E-state index is -0.796. The van der Waals surface area contributed by atoms with Gasteiger partial charge in [0.2, 0.25) is 0 Å². The first-order valence-corrected chi connectivity index (χ1v) is 34.5. The molecule has 0 aliphatic rings. The van der Waals surface area contributed by atoms with Crippen molar-refractivity contribution in [3.63, 3.8) is 0 Å². The molecule has 6 nitrogen and oxygen atoms in total. The molecule has 0 aromatic heterocycles. The zero-order chi connectivity index (χ0) is 59.2. The fraction of sp³-hybridized carbons (Fsp3) is 0.697. The number of ether oxygens (including phenoxy) is 3. The smallest absolute Gasteiger partial charge is 0.306 e. The Labute approximate surface area is 507 Å². The first-order chi connectivity index (χ1) is 40.5. The summed E-state index contributed by atoms with van der Waals surface area (Å²) in [6.07, 6.45) is 96.5. The highest BCUT2D eigenvalue weighted by atomic mass is 16.6. The summed E-state index contributed by atoms with van der Waals surface area (Å²) in [5.74, 6) is -0.922. The first-order valence-electron chi connectivity index (χ1n) is 34.5. The molecule has 0 saturated carbocycles. The fourth-order valence-electron chi connectivity index (χ4n) is 9.59. The largest absolute Gasteiger partial charge is 0.462 e. The van der Waals surface area contributed by atoms with Gasteiger partial charge in [0, 0.05) is 19.3 Å². The molecule has 0 aliphatic carbocycles. The van der Waals surface area contributed by atoms with E-state index in [4.69, 9.17) is 14.2 Å². The molecule has 0 aromatic rings. The molecule has 0 fully saturated rings. The van der Waals surface area contributed by atoms with Crippen LogP contribution in [0.2, 0.25) is 0 Å². The van der Waals surface area contributed by atoms with E-state index in [-0.39, 0.29) is 31.1 Å². The molecule has 468 valence electrons. The van der Waals surface area contributed by atoms with Gasteiger partial charge < -0.3 is 14.2 Å². The van der Waals surface area contributed by atoms with Gasteiger partial charge in [0.15, 0.2) is 6.10 Å². The molecule has 1 atom stereocenters. The molecule has 0 N–H and O–H groups in total. The van der Waals surface area contributed by atoms with Crippen molar-refractivity contribution in [3.8, 4) is 0 Å². The lowest BCUT2D eigenvalue weighted by molar-refractivity contribution is -0.167. The molecule has 0 heterocycles. The summed E-state index contributed by atoms with van der Waals surface area (Å²) < 4.78 is 16.9. The van der Waals surface area contributed by atoms with Crippen LogP contribution in [0.5, 0.6) is 0 Å². The molecule has 0 radical (unpaired) electrons. The van der Waals surface area contributed by atoms with Crippen LogP contribution in [0.25, 0.3) is 0 Å². The van der Waals surface area contributed by atoms with E-state index >= 15 is 0 Å². The third kappa shape index (κ3) is 66.6. The second-order valence-electron chi connectivity index (χ2n) is 22.7. The number of allylic oxidation sites excluding steroid dienone is 20. The van der Waals surface area contributed by atoms with E-state index in [0.29, 0.717) is 19.3 Å². The highest BCUT2D eigenvalue weighted by Gasteiger charge is 2.19. The summed E-state index contributed by atoms with van der Waals surface area (Å²) >= 11 is 0. The summed E-state index contributed by atoms with van der Waals surface area (Å²) in [6.45, 7) is 6.52. The summed E-state index contributed by atoms with van der Waals surface area (Å²) in [5.41, 5.74) is 0. The van der Waals surface area contributed by atoms with E-state index in [2.05, 4.69) is 142 Å². The van der Waals surface area contributed by atoms with Crippen LogP contribution < -0.4 is 0 Å². The Morgan fingerprint density at radius 3 is 0.744 bits per heavy atom. The highest BCUT2D eigenvalue weighted by Crippen LogP contribution is 2.17. The molecule has 1 unspecified atom stereocenters. The molecule has 0 aromatic carbocycles. The second-order valence-corrected chi connectivity index (χ2v) is 22.7. The molecule has 6 heteroatoms. The molecule has 0 amide bonds. The minimum Gasteiger partial charge on any atom is -0.462 e. The Hall–Kier alpha value is -4.19. The van der Waals surface area contributed by atoms with Crippen LogP contribution in [0, 0.1) is 0 Å². The van der Waals surface area contributed by atoms with Crippen LogP contribution in [0.4, 0.5) is 0 Å². The van der Waals surface area contributed by atoms with E-state index in [1.54, 1.807) is 0 Å².